The molecule has 1 aromatic rings. The lowest BCUT2D eigenvalue weighted by atomic mass is 10.4. The van der Waals surface area contributed by atoms with Crippen LogP contribution in [-0.2, 0) is 0 Å². The molecule has 0 aromatic carbocycles. The van der Waals surface area contributed by atoms with Crippen molar-refractivity contribution >= 4 is 5.71 Å². The molecule has 0 saturated heterocycles. The van der Waals surface area contributed by atoms with E-state index in [0.29, 0.717) is 11.7 Å². The van der Waals surface area contributed by atoms with Gasteiger partial charge in [-0.05, 0) is 27.7 Å². The van der Waals surface area contributed by atoms with Gasteiger partial charge in [-0.1, -0.05) is 5.16 Å². The molecular weight excluding hydrogens is 166 g/mol. The van der Waals surface area contributed by atoms with E-state index in [4.69, 9.17) is 4.84 Å². The molecule has 4 nitrogen and oxygen atoms in total. The third-order valence-electron chi connectivity index (χ3n) is 1.26. The molecule has 1 heterocycles. The Morgan fingerprint density at radius 2 is 2.00 bits per heavy atom. The van der Waals surface area contributed by atoms with E-state index in [1.54, 1.807) is 6.07 Å². The second kappa shape index (κ2) is 3.98. The monoisotopic (exact) mass is 179 g/mol. The number of nitrogens with zero attached hydrogens (tertiary/aromatic N) is 3. The van der Waals surface area contributed by atoms with Crippen LogP contribution in [0.2, 0.25) is 0 Å². The Labute approximate surface area is 77.7 Å². The summed E-state index contributed by atoms with van der Waals surface area (Å²) in [7, 11) is 0. The summed E-state index contributed by atoms with van der Waals surface area (Å²) < 4.78 is 0. The van der Waals surface area contributed by atoms with E-state index >= 15 is 0 Å². The van der Waals surface area contributed by atoms with Gasteiger partial charge in [0.05, 0.1) is 5.71 Å². The first-order valence-electron chi connectivity index (χ1n) is 4.08. The zero-order valence-electron chi connectivity index (χ0n) is 8.33. The first kappa shape index (κ1) is 9.64. The summed E-state index contributed by atoms with van der Waals surface area (Å²) in [5.41, 5.74) is 1.74. The van der Waals surface area contributed by atoms with Crippen LogP contribution >= 0.6 is 0 Å². The van der Waals surface area contributed by atoms with Crippen molar-refractivity contribution in [2.45, 2.75) is 27.7 Å². The molecule has 0 aliphatic rings. The average molecular weight is 179 g/mol. The van der Waals surface area contributed by atoms with Gasteiger partial charge < -0.3 is 4.84 Å². The highest BCUT2D eigenvalue weighted by atomic mass is 16.6. The molecule has 13 heavy (non-hydrogen) atoms. The Kier molecular flexibility index (Phi) is 2.95. The van der Waals surface area contributed by atoms with Crippen molar-refractivity contribution < 1.29 is 4.84 Å². The van der Waals surface area contributed by atoms with Crippen LogP contribution in [0.3, 0.4) is 0 Å². The highest BCUT2D eigenvalue weighted by Crippen LogP contribution is 2.08. The predicted octanol–water partition coefficient (Wildman–Crippen LogP) is 1.87. The molecule has 0 radical (unpaired) electrons. The minimum atomic E-state index is 0.492. The highest BCUT2D eigenvalue weighted by molar-refractivity contribution is 5.78. The number of rotatable bonds is 2. The fraction of sp³-hybridized carbons (Fsp3) is 0.444. The van der Waals surface area contributed by atoms with Crippen LogP contribution in [0.15, 0.2) is 11.2 Å². The van der Waals surface area contributed by atoms with Crippen LogP contribution in [0, 0.1) is 13.8 Å². The van der Waals surface area contributed by atoms with Gasteiger partial charge in [-0.3, -0.25) is 0 Å². The molecule has 0 spiro atoms. The summed E-state index contributed by atoms with van der Waals surface area (Å²) >= 11 is 0. The number of hydrogen-bond acceptors (Lipinski definition) is 4. The standard InChI is InChI=1S/C9H13N3O/c1-6(2)12-13-9-5-7(3)10-8(4)11-9/h5H,1-4H3. The van der Waals surface area contributed by atoms with Crippen LogP contribution in [0.1, 0.15) is 25.4 Å². The fourth-order valence-corrected chi connectivity index (χ4v) is 0.868. The van der Waals surface area contributed by atoms with E-state index in [-0.39, 0.29) is 0 Å². The second-order valence-corrected chi connectivity index (χ2v) is 3.02. The van der Waals surface area contributed by atoms with E-state index in [1.807, 2.05) is 27.7 Å². The van der Waals surface area contributed by atoms with Crippen molar-refractivity contribution in [1.82, 2.24) is 9.97 Å². The van der Waals surface area contributed by atoms with Crippen molar-refractivity contribution in [3.05, 3.63) is 17.6 Å². The third kappa shape index (κ3) is 3.19. The molecule has 0 N–H and O–H groups in total. The van der Waals surface area contributed by atoms with Gasteiger partial charge in [0, 0.05) is 11.8 Å². The van der Waals surface area contributed by atoms with Crippen LogP contribution in [0.25, 0.3) is 0 Å². The molecule has 0 aliphatic heterocycles. The van der Waals surface area contributed by atoms with Gasteiger partial charge in [-0.2, -0.15) is 4.98 Å². The van der Waals surface area contributed by atoms with Gasteiger partial charge in [0.15, 0.2) is 0 Å². The van der Waals surface area contributed by atoms with E-state index in [9.17, 15) is 0 Å². The maximum atomic E-state index is 5.07. The van der Waals surface area contributed by atoms with E-state index in [2.05, 4.69) is 15.1 Å². The zero-order chi connectivity index (χ0) is 9.84. The van der Waals surface area contributed by atoms with Crippen molar-refractivity contribution in [3.8, 4) is 5.88 Å². The van der Waals surface area contributed by atoms with Crippen molar-refractivity contribution in [1.29, 1.82) is 0 Å². The second-order valence-electron chi connectivity index (χ2n) is 3.02. The van der Waals surface area contributed by atoms with Gasteiger partial charge in [0.2, 0.25) is 0 Å². The summed E-state index contributed by atoms with van der Waals surface area (Å²) in [6.07, 6.45) is 0. The van der Waals surface area contributed by atoms with Gasteiger partial charge in [-0.15, -0.1) is 0 Å². The van der Waals surface area contributed by atoms with Crippen molar-refractivity contribution in [2.75, 3.05) is 0 Å². The zero-order valence-corrected chi connectivity index (χ0v) is 8.33. The van der Waals surface area contributed by atoms with Crippen LogP contribution in [0.5, 0.6) is 5.88 Å². The molecular formula is C9H13N3O. The predicted molar refractivity (Wildman–Crippen MR) is 50.9 cm³/mol. The summed E-state index contributed by atoms with van der Waals surface area (Å²) in [6, 6.07) is 1.75. The normalized spacial score (nSPS) is 9.54. The lowest BCUT2D eigenvalue weighted by Crippen LogP contribution is -1.96. The smallest absolute Gasteiger partial charge is 0.252 e. The van der Waals surface area contributed by atoms with E-state index in [1.165, 1.54) is 0 Å². The maximum Gasteiger partial charge on any atom is 0.252 e. The highest BCUT2D eigenvalue weighted by Gasteiger charge is 1.98. The molecule has 0 saturated carbocycles. The number of hydrogen-bond donors (Lipinski definition) is 0. The van der Waals surface area contributed by atoms with Crippen LogP contribution < -0.4 is 4.84 Å². The Hall–Kier alpha value is -1.45. The third-order valence-corrected chi connectivity index (χ3v) is 1.26. The topological polar surface area (TPSA) is 47.4 Å². The Morgan fingerprint density at radius 3 is 2.54 bits per heavy atom. The fourth-order valence-electron chi connectivity index (χ4n) is 0.868. The first-order valence-corrected chi connectivity index (χ1v) is 4.08. The lowest BCUT2D eigenvalue weighted by Gasteiger charge is -2.00. The molecule has 0 aliphatic carbocycles. The van der Waals surface area contributed by atoms with Crippen molar-refractivity contribution in [3.63, 3.8) is 0 Å². The molecule has 0 fully saturated rings. The number of oxime groups is 1. The Balaban J connectivity index is 2.83. The van der Waals surface area contributed by atoms with Gasteiger partial charge >= 0.3 is 0 Å². The number of aromatic nitrogens is 2. The minimum absolute atomic E-state index is 0.492. The molecule has 70 valence electrons. The van der Waals surface area contributed by atoms with Crippen molar-refractivity contribution in [2.24, 2.45) is 5.16 Å². The summed E-state index contributed by atoms with van der Waals surface area (Å²) in [4.78, 5) is 13.3. The van der Waals surface area contributed by atoms with Crippen LogP contribution in [0.4, 0.5) is 0 Å². The van der Waals surface area contributed by atoms with Crippen LogP contribution in [-0.4, -0.2) is 15.7 Å². The van der Waals surface area contributed by atoms with Gasteiger partial charge in [-0.25, -0.2) is 4.98 Å². The summed E-state index contributed by atoms with van der Waals surface area (Å²) in [5, 5.41) is 3.80. The number of aryl methyl sites for hydroxylation is 2. The Morgan fingerprint density at radius 1 is 1.31 bits per heavy atom. The SMILES string of the molecule is CC(C)=NOc1cc(C)nc(C)n1. The van der Waals surface area contributed by atoms with Gasteiger partial charge in [0.25, 0.3) is 5.88 Å². The Bertz CT molecular complexity index is 309. The summed E-state index contributed by atoms with van der Waals surface area (Å²) in [6.45, 7) is 7.44. The van der Waals surface area contributed by atoms with Gasteiger partial charge in [0.1, 0.15) is 5.82 Å². The van der Waals surface area contributed by atoms with E-state index in [0.717, 1.165) is 11.4 Å². The average Bonchev–Trinajstić information content (AvgIpc) is 1.99. The largest absolute Gasteiger partial charge is 0.337 e. The maximum absolute atomic E-state index is 5.07. The molecule has 0 atom stereocenters. The quantitative estimate of drug-likeness (QED) is 0.514. The molecule has 0 bridgehead atoms. The minimum Gasteiger partial charge on any atom is -0.337 e. The first-order chi connectivity index (χ1) is 6.08. The molecule has 0 amide bonds. The summed E-state index contributed by atoms with van der Waals surface area (Å²) in [5.74, 6) is 1.19. The lowest BCUT2D eigenvalue weighted by molar-refractivity contribution is 0.325. The molecule has 1 rings (SSSR count). The molecule has 1 aromatic heterocycles. The molecule has 0 unspecified atom stereocenters. The van der Waals surface area contributed by atoms with E-state index < -0.39 is 0 Å². The molecule has 4 heteroatoms.